The molecule has 0 atom stereocenters. The van der Waals surface area contributed by atoms with Crippen LogP contribution in [0, 0.1) is 0 Å². The molecule has 4 rings (SSSR count). The number of halogens is 2. The molecule has 3 aromatic rings. The fourth-order valence-electron chi connectivity index (χ4n) is 3.25. The van der Waals surface area contributed by atoms with Crippen LogP contribution in [0.2, 0.25) is 10.0 Å². The van der Waals surface area contributed by atoms with Gasteiger partial charge in [-0.2, -0.15) is 0 Å². The Labute approximate surface area is 193 Å². The largest absolute Gasteiger partial charge is 0.370 e. The molecule has 0 saturated heterocycles. The minimum atomic E-state index is -0.173. The Kier molecular flexibility index (Phi) is 6.41. The number of thiophene rings is 1. The fraction of sp³-hybridized carbons (Fsp3) is 0.429. The average Bonchev–Trinajstić information content (AvgIpc) is 2.96. The first-order chi connectivity index (χ1) is 13.7. The molecule has 29 heavy (non-hydrogen) atoms. The molecular weight excluding hydrogens is 463 g/mol. The van der Waals surface area contributed by atoms with Crippen molar-refractivity contribution < 1.29 is 4.74 Å². The lowest BCUT2D eigenvalue weighted by Gasteiger charge is -2.30. The number of aromatic nitrogens is 2. The third kappa shape index (κ3) is 4.89. The van der Waals surface area contributed by atoms with Gasteiger partial charge in [0.15, 0.2) is 5.16 Å². The van der Waals surface area contributed by atoms with Crippen LogP contribution >= 0.6 is 58.1 Å². The van der Waals surface area contributed by atoms with Crippen molar-refractivity contribution in [3.8, 4) is 0 Å². The second kappa shape index (κ2) is 8.56. The molecule has 0 radical (unpaired) electrons. The number of ether oxygens (including phenoxy) is 1. The van der Waals surface area contributed by atoms with E-state index in [1.807, 2.05) is 12.1 Å². The first-order valence-electron chi connectivity index (χ1n) is 9.41. The summed E-state index contributed by atoms with van der Waals surface area (Å²) in [6.07, 6.45) is 0.873. The fourth-order valence-corrected chi connectivity index (χ4v) is 6.85. The van der Waals surface area contributed by atoms with Gasteiger partial charge in [-0.25, -0.2) is 9.97 Å². The second-order valence-electron chi connectivity index (χ2n) is 7.91. The van der Waals surface area contributed by atoms with Crippen molar-refractivity contribution in [2.45, 2.75) is 67.5 Å². The third-order valence-corrected chi connectivity index (χ3v) is 8.17. The van der Waals surface area contributed by atoms with Gasteiger partial charge >= 0.3 is 0 Å². The van der Waals surface area contributed by atoms with Crippen LogP contribution in [0.1, 0.15) is 43.7 Å². The Morgan fingerprint density at radius 1 is 1.24 bits per heavy atom. The highest BCUT2D eigenvalue weighted by Crippen LogP contribution is 2.43. The van der Waals surface area contributed by atoms with Gasteiger partial charge < -0.3 is 4.74 Å². The second-order valence-corrected chi connectivity index (χ2v) is 12.3. The van der Waals surface area contributed by atoms with E-state index in [1.54, 1.807) is 40.9 Å². The summed E-state index contributed by atoms with van der Waals surface area (Å²) in [5.41, 5.74) is 2.22. The average molecular weight is 486 g/mol. The lowest BCUT2D eigenvalue weighted by atomic mass is 9.95. The number of fused-ring (bicyclic) bond motifs is 3. The lowest BCUT2D eigenvalue weighted by Crippen LogP contribution is -2.31. The van der Waals surface area contributed by atoms with E-state index < -0.39 is 0 Å². The van der Waals surface area contributed by atoms with E-state index in [0.29, 0.717) is 21.9 Å². The molecule has 0 saturated carbocycles. The van der Waals surface area contributed by atoms with Crippen molar-refractivity contribution in [3.63, 3.8) is 0 Å². The Bertz CT molecular complexity index is 1070. The molecular formula is C21H22Cl2N2OS3. The SMILES string of the molecule is CC(C)Sc1nc(SCc2ccc(Cl)cc2Cl)c2c3c(sc2n1)COC(C)(C)C3. The van der Waals surface area contributed by atoms with Crippen molar-refractivity contribution >= 4 is 68.3 Å². The van der Waals surface area contributed by atoms with Crippen LogP contribution in [-0.2, 0) is 23.5 Å². The molecule has 2 aromatic heterocycles. The van der Waals surface area contributed by atoms with Gasteiger partial charge in [-0.1, -0.05) is 54.9 Å². The molecule has 0 fully saturated rings. The van der Waals surface area contributed by atoms with Gasteiger partial charge in [-0.3, -0.25) is 0 Å². The van der Waals surface area contributed by atoms with Gasteiger partial charge in [0.2, 0.25) is 0 Å². The summed E-state index contributed by atoms with van der Waals surface area (Å²) in [7, 11) is 0. The topological polar surface area (TPSA) is 35.0 Å². The summed E-state index contributed by atoms with van der Waals surface area (Å²) >= 11 is 17.6. The van der Waals surface area contributed by atoms with E-state index in [4.69, 9.17) is 37.9 Å². The van der Waals surface area contributed by atoms with Crippen LogP contribution in [0.15, 0.2) is 28.4 Å². The molecule has 0 N–H and O–H groups in total. The third-order valence-electron chi connectivity index (χ3n) is 4.60. The van der Waals surface area contributed by atoms with Crippen LogP contribution in [0.25, 0.3) is 10.2 Å². The zero-order valence-corrected chi connectivity index (χ0v) is 20.7. The van der Waals surface area contributed by atoms with Crippen molar-refractivity contribution in [1.82, 2.24) is 9.97 Å². The van der Waals surface area contributed by atoms with Gasteiger partial charge in [0.1, 0.15) is 9.86 Å². The molecule has 3 heterocycles. The van der Waals surface area contributed by atoms with E-state index >= 15 is 0 Å². The molecule has 8 heteroatoms. The van der Waals surface area contributed by atoms with Gasteiger partial charge in [0.05, 0.1) is 12.2 Å². The maximum Gasteiger partial charge on any atom is 0.190 e. The summed E-state index contributed by atoms with van der Waals surface area (Å²) in [4.78, 5) is 12.1. The van der Waals surface area contributed by atoms with E-state index in [0.717, 1.165) is 32.7 Å². The molecule has 0 aliphatic carbocycles. The summed E-state index contributed by atoms with van der Waals surface area (Å²) < 4.78 is 6.03. The Balaban J connectivity index is 1.76. The number of nitrogens with zero attached hydrogens (tertiary/aromatic N) is 2. The van der Waals surface area contributed by atoms with Crippen molar-refractivity contribution in [2.75, 3.05) is 0 Å². The number of benzene rings is 1. The van der Waals surface area contributed by atoms with Crippen molar-refractivity contribution in [2.24, 2.45) is 0 Å². The molecule has 154 valence electrons. The summed E-state index contributed by atoms with van der Waals surface area (Å²) in [5, 5.41) is 4.81. The quantitative estimate of drug-likeness (QED) is 0.211. The van der Waals surface area contributed by atoms with Gasteiger partial charge in [0.25, 0.3) is 0 Å². The van der Waals surface area contributed by atoms with Gasteiger partial charge in [-0.15, -0.1) is 23.1 Å². The molecule has 0 amide bonds. The maximum atomic E-state index is 6.40. The first-order valence-corrected chi connectivity index (χ1v) is 12.9. The van der Waals surface area contributed by atoms with Crippen LogP contribution in [0.4, 0.5) is 0 Å². The predicted octanol–water partition coefficient (Wildman–Crippen LogP) is 7.64. The molecule has 1 aromatic carbocycles. The zero-order chi connectivity index (χ0) is 20.8. The van der Waals surface area contributed by atoms with Gasteiger partial charge in [-0.05, 0) is 37.1 Å². The Hall–Kier alpha value is -0.500. The monoisotopic (exact) mass is 484 g/mol. The first kappa shape index (κ1) is 21.7. The van der Waals surface area contributed by atoms with Crippen molar-refractivity contribution in [3.05, 3.63) is 44.2 Å². The van der Waals surface area contributed by atoms with Crippen LogP contribution < -0.4 is 0 Å². The van der Waals surface area contributed by atoms with E-state index in [9.17, 15) is 0 Å². The molecule has 3 nitrogen and oxygen atoms in total. The number of rotatable bonds is 5. The summed E-state index contributed by atoms with van der Waals surface area (Å²) in [6, 6.07) is 5.66. The number of thioether (sulfide) groups is 2. The maximum absolute atomic E-state index is 6.40. The van der Waals surface area contributed by atoms with Crippen LogP contribution in [0.5, 0.6) is 0 Å². The van der Waals surface area contributed by atoms with E-state index in [-0.39, 0.29) is 5.60 Å². The zero-order valence-electron chi connectivity index (χ0n) is 16.7. The molecule has 1 aliphatic rings. The van der Waals surface area contributed by atoms with E-state index in [2.05, 4.69) is 27.7 Å². The minimum absolute atomic E-state index is 0.173. The van der Waals surface area contributed by atoms with Crippen LogP contribution in [-0.4, -0.2) is 20.8 Å². The highest BCUT2D eigenvalue weighted by Gasteiger charge is 2.31. The van der Waals surface area contributed by atoms with E-state index in [1.165, 1.54) is 15.8 Å². The molecule has 1 aliphatic heterocycles. The highest BCUT2D eigenvalue weighted by atomic mass is 35.5. The summed E-state index contributed by atoms with van der Waals surface area (Å²) in [6.45, 7) is 9.25. The number of hydrogen-bond acceptors (Lipinski definition) is 6. The molecule has 0 unspecified atom stereocenters. The lowest BCUT2D eigenvalue weighted by molar-refractivity contribution is -0.0379. The standard InChI is InChI=1S/C21H22Cl2N2OS3/c1-11(2)28-20-24-18(27-10-12-5-6-13(22)7-15(12)23)17-14-8-21(3,4)26-9-16(14)29-19(17)25-20/h5-7,11H,8-10H2,1-4H3. The van der Waals surface area contributed by atoms with Gasteiger partial charge in [0, 0.05) is 37.7 Å². The highest BCUT2D eigenvalue weighted by molar-refractivity contribution is 8.00. The minimum Gasteiger partial charge on any atom is -0.370 e. The molecule has 0 spiro atoms. The normalized spacial score (nSPS) is 15.8. The summed E-state index contributed by atoms with van der Waals surface area (Å²) in [5.74, 6) is 0.735. The predicted molar refractivity (Wildman–Crippen MR) is 127 cm³/mol. The Morgan fingerprint density at radius 2 is 2.03 bits per heavy atom. The number of hydrogen-bond donors (Lipinski definition) is 0. The smallest absolute Gasteiger partial charge is 0.190 e. The Morgan fingerprint density at radius 3 is 2.76 bits per heavy atom. The van der Waals surface area contributed by atoms with Crippen LogP contribution in [0.3, 0.4) is 0 Å². The molecule has 0 bridgehead atoms. The van der Waals surface area contributed by atoms with Crippen molar-refractivity contribution in [1.29, 1.82) is 0 Å².